The molecule has 1 aliphatic rings. The van der Waals surface area contributed by atoms with Gasteiger partial charge in [0.05, 0.1) is 0 Å². The molecule has 0 spiro atoms. The molecule has 1 unspecified atom stereocenters. The van der Waals surface area contributed by atoms with Gasteiger partial charge >= 0.3 is 0 Å². The van der Waals surface area contributed by atoms with Crippen LogP contribution in [-0.2, 0) is 13.0 Å². The van der Waals surface area contributed by atoms with E-state index >= 15 is 0 Å². The first-order valence-electron chi connectivity index (χ1n) is 8.00. The third-order valence-corrected chi connectivity index (χ3v) is 4.63. The predicted molar refractivity (Wildman–Crippen MR) is 80.3 cm³/mol. The fourth-order valence-electron chi connectivity index (χ4n) is 3.30. The van der Waals surface area contributed by atoms with Gasteiger partial charge in [-0.3, -0.25) is 0 Å². The number of nitrogens with zero attached hydrogens (tertiary/aromatic N) is 2. The van der Waals surface area contributed by atoms with E-state index < -0.39 is 0 Å². The van der Waals surface area contributed by atoms with Crippen molar-refractivity contribution in [2.75, 3.05) is 7.05 Å². The van der Waals surface area contributed by atoms with Gasteiger partial charge in [0.15, 0.2) is 0 Å². The summed E-state index contributed by atoms with van der Waals surface area (Å²) in [5.74, 6) is 2.21. The second-order valence-corrected chi connectivity index (χ2v) is 5.90. The van der Waals surface area contributed by atoms with Crippen LogP contribution in [0.3, 0.4) is 0 Å². The van der Waals surface area contributed by atoms with Crippen LogP contribution in [0.2, 0.25) is 0 Å². The van der Waals surface area contributed by atoms with Crippen molar-refractivity contribution in [1.29, 1.82) is 0 Å². The minimum absolute atomic E-state index is 0.578. The number of rotatable bonds is 7. The van der Waals surface area contributed by atoms with Gasteiger partial charge in [0.1, 0.15) is 5.82 Å². The van der Waals surface area contributed by atoms with Gasteiger partial charge in [0, 0.05) is 31.4 Å². The predicted octanol–water partition coefficient (Wildman–Crippen LogP) is 3.39. The number of aromatic nitrogens is 2. The monoisotopic (exact) mass is 263 g/mol. The van der Waals surface area contributed by atoms with Crippen molar-refractivity contribution < 1.29 is 0 Å². The van der Waals surface area contributed by atoms with Crippen LogP contribution >= 0.6 is 0 Å². The van der Waals surface area contributed by atoms with Gasteiger partial charge in [-0.2, -0.15) is 0 Å². The number of imidazole rings is 1. The number of hydrogen-bond acceptors (Lipinski definition) is 2. The van der Waals surface area contributed by atoms with Crippen LogP contribution in [0.5, 0.6) is 0 Å². The Labute approximate surface area is 117 Å². The van der Waals surface area contributed by atoms with Crippen LogP contribution < -0.4 is 5.32 Å². The maximum Gasteiger partial charge on any atom is 0.110 e. The molecule has 1 N–H and O–H groups in total. The lowest BCUT2D eigenvalue weighted by molar-refractivity contribution is 0.314. The zero-order chi connectivity index (χ0) is 13.5. The maximum atomic E-state index is 4.49. The normalized spacial score (nSPS) is 18.6. The summed E-state index contributed by atoms with van der Waals surface area (Å²) in [5, 5.41) is 3.48. The Balaban J connectivity index is 1.79. The molecule has 108 valence electrons. The van der Waals surface area contributed by atoms with Gasteiger partial charge < -0.3 is 9.88 Å². The highest BCUT2D eigenvalue weighted by Gasteiger charge is 2.17. The molecule has 1 heterocycles. The van der Waals surface area contributed by atoms with Crippen LogP contribution in [0.1, 0.15) is 57.7 Å². The molecular formula is C16H29N3. The SMILES string of the molecule is CCn1ccnc1CC(CCC1CCCCC1)NC. The van der Waals surface area contributed by atoms with Gasteiger partial charge in [0.25, 0.3) is 0 Å². The van der Waals surface area contributed by atoms with E-state index in [2.05, 4.69) is 35.0 Å². The fourth-order valence-corrected chi connectivity index (χ4v) is 3.30. The summed E-state index contributed by atoms with van der Waals surface area (Å²) in [6.07, 6.45) is 15.0. The molecule has 1 fully saturated rings. The van der Waals surface area contributed by atoms with Crippen LogP contribution in [0.4, 0.5) is 0 Å². The molecule has 1 atom stereocenters. The molecule has 1 aromatic heterocycles. The molecule has 2 rings (SSSR count). The molecular weight excluding hydrogens is 234 g/mol. The van der Waals surface area contributed by atoms with Gasteiger partial charge in [-0.05, 0) is 32.7 Å². The van der Waals surface area contributed by atoms with E-state index in [0.29, 0.717) is 6.04 Å². The molecule has 0 bridgehead atoms. The van der Waals surface area contributed by atoms with Crippen molar-refractivity contribution >= 4 is 0 Å². The Kier molecular flexibility index (Phi) is 5.90. The van der Waals surface area contributed by atoms with Crippen molar-refractivity contribution in [2.24, 2.45) is 5.92 Å². The Hall–Kier alpha value is -0.830. The van der Waals surface area contributed by atoms with Crippen molar-refractivity contribution in [1.82, 2.24) is 14.9 Å². The molecule has 0 radical (unpaired) electrons. The quantitative estimate of drug-likeness (QED) is 0.817. The molecule has 19 heavy (non-hydrogen) atoms. The molecule has 0 saturated heterocycles. The molecule has 1 aromatic rings. The minimum atomic E-state index is 0.578. The van der Waals surface area contributed by atoms with E-state index in [1.165, 1.54) is 50.8 Å². The Bertz CT molecular complexity index is 353. The maximum absolute atomic E-state index is 4.49. The number of nitrogens with one attached hydrogen (secondary N) is 1. The summed E-state index contributed by atoms with van der Waals surface area (Å²) in [7, 11) is 2.09. The van der Waals surface area contributed by atoms with Crippen molar-refractivity contribution in [2.45, 2.75) is 70.9 Å². The summed E-state index contributed by atoms with van der Waals surface area (Å²) in [5.41, 5.74) is 0. The number of aryl methyl sites for hydroxylation is 1. The molecule has 1 aliphatic carbocycles. The summed E-state index contributed by atoms with van der Waals surface area (Å²) < 4.78 is 2.25. The third-order valence-electron chi connectivity index (χ3n) is 4.63. The average Bonchev–Trinajstić information content (AvgIpc) is 2.91. The van der Waals surface area contributed by atoms with Crippen molar-refractivity contribution in [3.8, 4) is 0 Å². The first-order valence-corrected chi connectivity index (χ1v) is 8.00. The lowest BCUT2D eigenvalue weighted by Crippen LogP contribution is -2.29. The molecule has 1 saturated carbocycles. The zero-order valence-electron chi connectivity index (χ0n) is 12.6. The van der Waals surface area contributed by atoms with Crippen LogP contribution in [-0.4, -0.2) is 22.6 Å². The van der Waals surface area contributed by atoms with Crippen LogP contribution in [0.15, 0.2) is 12.4 Å². The first-order chi connectivity index (χ1) is 9.33. The summed E-state index contributed by atoms with van der Waals surface area (Å²) in [6, 6.07) is 0.578. The van der Waals surface area contributed by atoms with Crippen LogP contribution in [0.25, 0.3) is 0 Å². The minimum Gasteiger partial charge on any atom is -0.335 e. The van der Waals surface area contributed by atoms with Gasteiger partial charge in [-0.1, -0.05) is 32.1 Å². The van der Waals surface area contributed by atoms with E-state index in [0.717, 1.165) is 18.9 Å². The van der Waals surface area contributed by atoms with Gasteiger partial charge in [-0.15, -0.1) is 0 Å². The average molecular weight is 263 g/mol. The van der Waals surface area contributed by atoms with Crippen LogP contribution in [0, 0.1) is 5.92 Å². The highest BCUT2D eigenvalue weighted by atomic mass is 15.1. The second kappa shape index (κ2) is 7.68. The number of hydrogen-bond donors (Lipinski definition) is 1. The Morgan fingerprint density at radius 1 is 1.37 bits per heavy atom. The zero-order valence-corrected chi connectivity index (χ0v) is 12.6. The third kappa shape index (κ3) is 4.34. The second-order valence-electron chi connectivity index (χ2n) is 5.90. The first kappa shape index (κ1) is 14.6. The number of likely N-dealkylation sites (N-methyl/N-ethyl adjacent to an activating group) is 1. The Morgan fingerprint density at radius 3 is 2.84 bits per heavy atom. The lowest BCUT2D eigenvalue weighted by atomic mass is 9.85. The fraction of sp³-hybridized carbons (Fsp3) is 0.812. The molecule has 3 heteroatoms. The van der Waals surface area contributed by atoms with E-state index in [4.69, 9.17) is 0 Å². The van der Waals surface area contributed by atoms with Crippen molar-refractivity contribution in [3.63, 3.8) is 0 Å². The topological polar surface area (TPSA) is 29.9 Å². The van der Waals surface area contributed by atoms with Crippen molar-refractivity contribution in [3.05, 3.63) is 18.2 Å². The van der Waals surface area contributed by atoms with E-state index in [1.54, 1.807) is 0 Å². The van der Waals surface area contributed by atoms with E-state index in [-0.39, 0.29) is 0 Å². The standard InChI is InChI=1S/C16H29N3/c1-3-19-12-11-18-16(19)13-15(17-2)10-9-14-7-5-4-6-8-14/h11-12,14-15,17H,3-10,13H2,1-2H3. The lowest BCUT2D eigenvalue weighted by Gasteiger charge is -2.24. The summed E-state index contributed by atoms with van der Waals surface area (Å²) >= 11 is 0. The largest absolute Gasteiger partial charge is 0.335 e. The molecule has 0 aliphatic heterocycles. The summed E-state index contributed by atoms with van der Waals surface area (Å²) in [4.78, 5) is 4.49. The van der Waals surface area contributed by atoms with E-state index in [1.807, 2.05) is 6.20 Å². The van der Waals surface area contributed by atoms with Gasteiger partial charge in [-0.25, -0.2) is 4.98 Å². The smallest absolute Gasteiger partial charge is 0.110 e. The molecule has 0 amide bonds. The summed E-state index contributed by atoms with van der Waals surface area (Å²) in [6.45, 7) is 3.20. The van der Waals surface area contributed by atoms with Gasteiger partial charge in [0.2, 0.25) is 0 Å². The Morgan fingerprint density at radius 2 is 2.16 bits per heavy atom. The highest BCUT2D eigenvalue weighted by Crippen LogP contribution is 2.28. The molecule has 3 nitrogen and oxygen atoms in total. The van der Waals surface area contributed by atoms with E-state index in [9.17, 15) is 0 Å². The molecule has 0 aromatic carbocycles. The highest BCUT2D eigenvalue weighted by molar-refractivity contribution is 4.95.